The maximum absolute atomic E-state index is 4.75. The standard InChI is InChI=1S/C17H30N8/c1-7-14-13(15(8-2)25(6)23-14)10-19-17(18-9-3)20-11-16-22-21-12(4)24(16)5/h7-11H2,1-6H3,(H2,18,19,20). The average molecular weight is 346 g/mol. The van der Waals surface area contributed by atoms with Gasteiger partial charge in [-0.2, -0.15) is 5.10 Å². The van der Waals surface area contributed by atoms with Crippen LogP contribution >= 0.6 is 0 Å². The molecule has 2 N–H and O–H groups in total. The van der Waals surface area contributed by atoms with Crippen LogP contribution < -0.4 is 10.6 Å². The van der Waals surface area contributed by atoms with Gasteiger partial charge in [0.15, 0.2) is 11.8 Å². The molecule has 0 amide bonds. The van der Waals surface area contributed by atoms with Crippen LogP contribution in [0, 0.1) is 6.92 Å². The summed E-state index contributed by atoms with van der Waals surface area (Å²) in [4.78, 5) is 4.75. The van der Waals surface area contributed by atoms with Crippen LogP contribution in [0.1, 0.15) is 49.4 Å². The van der Waals surface area contributed by atoms with Gasteiger partial charge in [0.1, 0.15) is 5.82 Å². The van der Waals surface area contributed by atoms with Gasteiger partial charge in [-0.15, -0.1) is 10.2 Å². The first kappa shape index (κ1) is 19.0. The number of aryl methyl sites for hydroxylation is 3. The molecule has 0 aliphatic rings. The fourth-order valence-corrected chi connectivity index (χ4v) is 2.84. The smallest absolute Gasteiger partial charge is 0.191 e. The van der Waals surface area contributed by atoms with E-state index >= 15 is 0 Å². The molecular formula is C17H30N8. The minimum Gasteiger partial charge on any atom is -0.357 e. The van der Waals surface area contributed by atoms with Crippen molar-refractivity contribution in [3.8, 4) is 0 Å². The molecule has 0 radical (unpaired) electrons. The normalized spacial score (nSPS) is 11.8. The predicted octanol–water partition coefficient (Wildman–Crippen LogP) is 1.24. The Labute approximate surface area is 149 Å². The first-order chi connectivity index (χ1) is 12.0. The Morgan fingerprint density at radius 1 is 1.08 bits per heavy atom. The molecule has 0 atom stereocenters. The highest BCUT2D eigenvalue weighted by Crippen LogP contribution is 2.16. The van der Waals surface area contributed by atoms with Crippen molar-refractivity contribution in [1.82, 2.24) is 35.2 Å². The molecular weight excluding hydrogens is 316 g/mol. The van der Waals surface area contributed by atoms with Gasteiger partial charge >= 0.3 is 0 Å². The monoisotopic (exact) mass is 346 g/mol. The summed E-state index contributed by atoms with van der Waals surface area (Å²) in [7, 11) is 3.97. The average Bonchev–Trinajstić information content (AvgIpc) is 3.09. The van der Waals surface area contributed by atoms with Crippen molar-refractivity contribution < 1.29 is 0 Å². The van der Waals surface area contributed by atoms with Crippen molar-refractivity contribution >= 4 is 5.96 Å². The minimum atomic E-state index is 0.581. The molecule has 138 valence electrons. The molecule has 8 heteroatoms. The van der Waals surface area contributed by atoms with E-state index in [-0.39, 0.29) is 0 Å². The van der Waals surface area contributed by atoms with E-state index in [9.17, 15) is 0 Å². The lowest BCUT2D eigenvalue weighted by molar-refractivity contribution is 0.703. The number of rotatable bonds is 7. The molecule has 0 unspecified atom stereocenters. The summed E-state index contributed by atoms with van der Waals surface area (Å²) in [6, 6.07) is 0. The topological polar surface area (TPSA) is 84.9 Å². The second kappa shape index (κ2) is 8.64. The van der Waals surface area contributed by atoms with Crippen molar-refractivity contribution in [2.45, 2.75) is 53.6 Å². The number of aliphatic imine (C=N–C) groups is 1. The molecule has 0 spiro atoms. The number of hydrogen-bond donors (Lipinski definition) is 2. The van der Waals surface area contributed by atoms with E-state index < -0.39 is 0 Å². The maximum Gasteiger partial charge on any atom is 0.191 e. The fraction of sp³-hybridized carbons (Fsp3) is 0.647. The zero-order valence-electron chi connectivity index (χ0n) is 16.2. The largest absolute Gasteiger partial charge is 0.357 e. The van der Waals surface area contributed by atoms with E-state index in [4.69, 9.17) is 4.99 Å². The predicted molar refractivity (Wildman–Crippen MR) is 99.4 cm³/mol. The van der Waals surface area contributed by atoms with Gasteiger partial charge in [0.2, 0.25) is 0 Å². The van der Waals surface area contributed by atoms with E-state index in [2.05, 4.69) is 46.7 Å². The van der Waals surface area contributed by atoms with Crippen LogP contribution in [0.15, 0.2) is 4.99 Å². The van der Waals surface area contributed by atoms with Crippen LogP contribution in [0.4, 0.5) is 0 Å². The Hall–Kier alpha value is -2.38. The van der Waals surface area contributed by atoms with Crippen LogP contribution in [-0.4, -0.2) is 37.0 Å². The summed E-state index contributed by atoms with van der Waals surface area (Å²) in [5.41, 5.74) is 3.61. The quantitative estimate of drug-likeness (QED) is 0.582. The number of guanidine groups is 1. The summed E-state index contributed by atoms with van der Waals surface area (Å²) in [6.07, 6.45) is 1.87. The third-order valence-corrected chi connectivity index (χ3v) is 4.36. The summed E-state index contributed by atoms with van der Waals surface area (Å²) < 4.78 is 3.95. The molecule has 0 aliphatic heterocycles. The number of nitrogens with one attached hydrogen (secondary N) is 2. The van der Waals surface area contributed by atoms with Crippen LogP contribution in [0.25, 0.3) is 0 Å². The van der Waals surface area contributed by atoms with Gasteiger partial charge in [-0.05, 0) is 26.7 Å². The first-order valence-electron chi connectivity index (χ1n) is 8.92. The maximum atomic E-state index is 4.75. The molecule has 25 heavy (non-hydrogen) atoms. The van der Waals surface area contributed by atoms with Gasteiger partial charge in [0.05, 0.1) is 18.8 Å². The van der Waals surface area contributed by atoms with E-state index in [1.54, 1.807) is 0 Å². The minimum absolute atomic E-state index is 0.581. The Kier molecular flexibility index (Phi) is 6.55. The summed E-state index contributed by atoms with van der Waals surface area (Å²) >= 11 is 0. The summed E-state index contributed by atoms with van der Waals surface area (Å²) in [5, 5.41) is 19.5. The van der Waals surface area contributed by atoms with Gasteiger partial charge in [-0.25, -0.2) is 4.99 Å². The van der Waals surface area contributed by atoms with Gasteiger partial charge in [0, 0.05) is 31.9 Å². The van der Waals surface area contributed by atoms with E-state index in [0.29, 0.717) is 13.1 Å². The second-order valence-corrected chi connectivity index (χ2v) is 5.97. The Balaban J connectivity index is 2.13. The van der Waals surface area contributed by atoms with Crippen LogP contribution in [-0.2, 0) is 40.0 Å². The number of hydrogen-bond acceptors (Lipinski definition) is 4. The molecule has 0 fully saturated rings. The SMILES string of the molecule is CCNC(=NCc1c(CC)nn(C)c1CC)NCc1nnc(C)n1C. The van der Waals surface area contributed by atoms with Crippen LogP contribution in [0.2, 0.25) is 0 Å². The lowest BCUT2D eigenvalue weighted by Crippen LogP contribution is -2.37. The molecule has 2 aromatic heterocycles. The molecule has 0 bridgehead atoms. The van der Waals surface area contributed by atoms with Gasteiger partial charge in [-0.1, -0.05) is 13.8 Å². The van der Waals surface area contributed by atoms with Crippen LogP contribution in [0.3, 0.4) is 0 Å². The number of aromatic nitrogens is 5. The molecule has 0 saturated heterocycles. The second-order valence-electron chi connectivity index (χ2n) is 5.97. The van der Waals surface area contributed by atoms with Crippen molar-refractivity contribution in [2.24, 2.45) is 19.1 Å². The van der Waals surface area contributed by atoms with E-state index in [1.807, 2.05) is 30.3 Å². The molecule has 2 heterocycles. The highest BCUT2D eigenvalue weighted by atomic mass is 15.3. The number of nitrogens with zero attached hydrogens (tertiary/aromatic N) is 6. The van der Waals surface area contributed by atoms with E-state index in [1.165, 1.54) is 11.3 Å². The molecule has 8 nitrogen and oxygen atoms in total. The van der Waals surface area contributed by atoms with Crippen molar-refractivity contribution in [3.05, 3.63) is 28.6 Å². The third-order valence-electron chi connectivity index (χ3n) is 4.36. The summed E-state index contributed by atoms with van der Waals surface area (Å²) in [5.74, 6) is 2.55. The summed E-state index contributed by atoms with van der Waals surface area (Å²) in [6.45, 7) is 10.3. The Morgan fingerprint density at radius 3 is 2.40 bits per heavy atom. The highest BCUT2D eigenvalue weighted by Gasteiger charge is 2.13. The molecule has 0 aromatic carbocycles. The first-order valence-corrected chi connectivity index (χ1v) is 8.92. The zero-order valence-corrected chi connectivity index (χ0v) is 16.2. The van der Waals surface area contributed by atoms with Crippen molar-refractivity contribution in [3.63, 3.8) is 0 Å². The van der Waals surface area contributed by atoms with Gasteiger partial charge < -0.3 is 15.2 Å². The fourth-order valence-electron chi connectivity index (χ4n) is 2.84. The van der Waals surface area contributed by atoms with E-state index in [0.717, 1.165) is 42.7 Å². The van der Waals surface area contributed by atoms with Crippen molar-refractivity contribution in [2.75, 3.05) is 6.54 Å². The zero-order chi connectivity index (χ0) is 18.4. The van der Waals surface area contributed by atoms with Gasteiger partial charge in [-0.3, -0.25) is 4.68 Å². The Bertz CT molecular complexity index is 725. The molecule has 2 aromatic rings. The Morgan fingerprint density at radius 2 is 1.84 bits per heavy atom. The molecule has 0 saturated carbocycles. The molecule has 0 aliphatic carbocycles. The van der Waals surface area contributed by atoms with Crippen LogP contribution in [0.5, 0.6) is 0 Å². The lowest BCUT2D eigenvalue weighted by Gasteiger charge is -2.11. The lowest BCUT2D eigenvalue weighted by atomic mass is 10.1. The molecule has 2 rings (SSSR count). The van der Waals surface area contributed by atoms with Gasteiger partial charge in [0.25, 0.3) is 0 Å². The third kappa shape index (κ3) is 4.37. The highest BCUT2D eigenvalue weighted by molar-refractivity contribution is 5.79. The van der Waals surface area contributed by atoms with Crippen molar-refractivity contribution in [1.29, 1.82) is 0 Å².